The van der Waals surface area contributed by atoms with Crippen molar-refractivity contribution in [3.63, 3.8) is 0 Å². The molecule has 0 saturated heterocycles. The zero-order valence-electron chi connectivity index (χ0n) is 13.0. The Balaban J connectivity index is 2.44. The highest BCUT2D eigenvalue weighted by molar-refractivity contribution is 5.68. The number of unbranched alkanes of at least 4 members (excludes halogenated alkanes) is 4. The number of benzene rings is 1. The van der Waals surface area contributed by atoms with Crippen LogP contribution in [-0.4, -0.2) is 24.0 Å². The van der Waals surface area contributed by atoms with Crippen LogP contribution in [0.15, 0.2) is 24.3 Å². The molecule has 0 aliphatic carbocycles. The fraction of sp³-hybridized carbons (Fsp3) is 0.588. The van der Waals surface area contributed by atoms with Crippen molar-refractivity contribution in [2.75, 3.05) is 6.61 Å². The normalized spacial score (nSPS) is 12.1. The van der Waals surface area contributed by atoms with E-state index in [1.54, 1.807) is 6.92 Å². The van der Waals surface area contributed by atoms with E-state index in [-0.39, 0.29) is 6.61 Å². The minimum absolute atomic E-state index is 0.347. The van der Waals surface area contributed by atoms with Gasteiger partial charge in [-0.1, -0.05) is 50.8 Å². The maximum Gasteiger partial charge on any atom is 0.329 e. The van der Waals surface area contributed by atoms with Crippen molar-refractivity contribution in [3.05, 3.63) is 29.8 Å². The van der Waals surface area contributed by atoms with Crippen molar-refractivity contribution in [2.45, 2.75) is 58.7 Å². The van der Waals surface area contributed by atoms with Crippen LogP contribution in [0.25, 0.3) is 0 Å². The molecular formula is C17H26O4. The molecule has 4 nitrogen and oxygen atoms in total. The largest absolute Gasteiger partial charge is 0.480 e. The topological polar surface area (TPSA) is 55.8 Å². The van der Waals surface area contributed by atoms with Crippen molar-refractivity contribution in [3.8, 4) is 5.75 Å². The van der Waals surface area contributed by atoms with Gasteiger partial charge in [-0.3, -0.25) is 0 Å². The van der Waals surface area contributed by atoms with Crippen molar-refractivity contribution in [1.29, 1.82) is 0 Å². The van der Waals surface area contributed by atoms with E-state index in [1.807, 2.05) is 18.2 Å². The van der Waals surface area contributed by atoms with Gasteiger partial charge < -0.3 is 14.6 Å². The molecule has 0 heterocycles. The summed E-state index contributed by atoms with van der Waals surface area (Å²) in [5.74, 6) is -0.208. The van der Waals surface area contributed by atoms with Crippen LogP contribution in [0.2, 0.25) is 0 Å². The quantitative estimate of drug-likeness (QED) is 0.494. The second-order valence-electron chi connectivity index (χ2n) is 5.16. The molecule has 4 heteroatoms. The summed E-state index contributed by atoms with van der Waals surface area (Å²) in [6, 6.07) is 7.87. The van der Waals surface area contributed by atoms with Gasteiger partial charge in [0.25, 0.3) is 0 Å². The van der Waals surface area contributed by atoms with Crippen LogP contribution in [0.1, 0.15) is 51.5 Å². The number of rotatable bonds is 11. The number of aliphatic carboxylic acids is 1. The lowest BCUT2D eigenvalue weighted by Crippen LogP contribution is -2.21. The summed E-state index contributed by atoms with van der Waals surface area (Å²) in [5, 5.41) is 8.59. The molecule has 0 aromatic heterocycles. The predicted molar refractivity (Wildman–Crippen MR) is 82.6 cm³/mol. The lowest BCUT2D eigenvalue weighted by Gasteiger charge is -2.17. The molecule has 0 amide bonds. The Labute approximate surface area is 127 Å². The monoisotopic (exact) mass is 294 g/mol. The standard InChI is InChI=1S/C17H26O4/c1-3-4-5-6-7-10-15-11-8-9-12-16(15)21-14(2)20-13-17(18)19/h8-9,11-12,14H,3-7,10,13H2,1-2H3,(H,18,19). The summed E-state index contributed by atoms with van der Waals surface area (Å²) >= 11 is 0. The molecule has 0 spiro atoms. The molecule has 118 valence electrons. The highest BCUT2D eigenvalue weighted by atomic mass is 16.7. The van der Waals surface area contributed by atoms with Crippen LogP contribution in [0, 0.1) is 0 Å². The van der Waals surface area contributed by atoms with E-state index in [0.717, 1.165) is 24.2 Å². The van der Waals surface area contributed by atoms with Gasteiger partial charge in [0.05, 0.1) is 0 Å². The molecular weight excluding hydrogens is 268 g/mol. The Hall–Kier alpha value is -1.55. The highest BCUT2D eigenvalue weighted by Crippen LogP contribution is 2.22. The van der Waals surface area contributed by atoms with E-state index < -0.39 is 12.3 Å². The van der Waals surface area contributed by atoms with E-state index >= 15 is 0 Å². The number of carbonyl (C=O) groups is 1. The second kappa shape index (κ2) is 10.2. The van der Waals surface area contributed by atoms with E-state index in [9.17, 15) is 4.79 Å². The third-order valence-corrected chi connectivity index (χ3v) is 3.26. The molecule has 1 atom stereocenters. The Morgan fingerprint density at radius 3 is 2.62 bits per heavy atom. The van der Waals surface area contributed by atoms with Gasteiger partial charge in [0, 0.05) is 0 Å². The molecule has 0 aliphatic rings. The third-order valence-electron chi connectivity index (χ3n) is 3.26. The number of carboxylic acid groups (broad SMARTS) is 1. The summed E-state index contributed by atoms with van der Waals surface area (Å²) in [4.78, 5) is 10.5. The summed E-state index contributed by atoms with van der Waals surface area (Å²) < 4.78 is 10.8. The van der Waals surface area contributed by atoms with Gasteiger partial charge in [-0.2, -0.15) is 0 Å². The first kappa shape index (κ1) is 17.5. The minimum Gasteiger partial charge on any atom is -0.480 e. The molecule has 21 heavy (non-hydrogen) atoms. The lowest BCUT2D eigenvalue weighted by molar-refractivity contribution is -0.151. The maximum atomic E-state index is 10.5. The first-order chi connectivity index (χ1) is 10.1. The third kappa shape index (κ3) is 7.71. The van der Waals surface area contributed by atoms with Crippen LogP contribution in [0.4, 0.5) is 0 Å². The number of aryl methyl sites for hydroxylation is 1. The molecule has 0 bridgehead atoms. The molecule has 1 N–H and O–H groups in total. The first-order valence-electron chi connectivity index (χ1n) is 7.71. The molecule has 0 fully saturated rings. The van der Waals surface area contributed by atoms with Crippen LogP contribution < -0.4 is 4.74 Å². The Morgan fingerprint density at radius 1 is 1.19 bits per heavy atom. The zero-order valence-corrected chi connectivity index (χ0v) is 13.0. The molecule has 0 radical (unpaired) electrons. The van der Waals surface area contributed by atoms with Crippen LogP contribution in [-0.2, 0) is 16.0 Å². The molecule has 0 aliphatic heterocycles. The van der Waals surface area contributed by atoms with Gasteiger partial charge in [-0.25, -0.2) is 4.79 Å². The molecule has 0 saturated carbocycles. The molecule has 1 unspecified atom stereocenters. The Morgan fingerprint density at radius 2 is 1.90 bits per heavy atom. The first-order valence-corrected chi connectivity index (χ1v) is 7.71. The van der Waals surface area contributed by atoms with Gasteiger partial charge in [0.2, 0.25) is 0 Å². The lowest BCUT2D eigenvalue weighted by atomic mass is 10.0. The number of hydrogen-bond donors (Lipinski definition) is 1. The van der Waals surface area contributed by atoms with Crippen molar-refractivity contribution in [2.24, 2.45) is 0 Å². The number of ether oxygens (including phenoxy) is 2. The Kier molecular flexibility index (Phi) is 8.51. The second-order valence-corrected chi connectivity index (χ2v) is 5.16. The SMILES string of the molecule is CCCCCCCc1ccccc1OC(C)OCC(=O)O. The van der Waals surface area contributed by atoms with E-state index in [1.165, 1.54) is 25.7 Å². The van der Waals surface area contributed by atoms with E-state index in [2.05, 4.69) is 13.0 Å². The van der Waals surface area contributed by atoms with Crippen molar-refractivity contribution < 1.29 is 19.4 Å². The average Bonchev–Trinajstić information content (AvgIpc) is 2.46. The number of hydrogen-bond acceptors (Lipinski definition) is 3. The summed E-state index contributed by atoms with van der Waals surface area (Å²) in [7, 11) is 0. The summed E-state index contributed by atoms with van der Waals surface area (Å²) in [6.07, 6.45) is 6.60. The van der Waals surface area contributed by atoms with Gasteiger partial charge in [0.1, 0.15) is 12.4 Å². The van der Waals surface area contributed by atoms with Crippen LogP contribution in [0.5, 0.6) is 5.75 Å². The predicted octanol–water partition coefficient (Wildman–Crippen LogP) is 4.03. The Bertz CT molecular complexity index is 417. The van der Waals surface area contributed by atoms with Crippen LogP contribution in [0.3, 0.4) is 0 Å². The molecule has 1 rings (SSSR count). The minimum atomic E-state index is -0.991. The van der Waals surface area contributed by atoms with E-state index in [4.69, 9.17) is 14.6 Å². The fourth-order valence-electron chi connectivity index (χ4n) is 2.15. The average molecular weight is 294 g/mol. The summed E-state index contributed by atoms with van der Waals surface area (Å²) in [5.41, 5.74) is 1.15. The fourth-order valence-corrected chi connectivity index (χ4v) is 2.15. The molecule has 1 aromatic carbocycles. The smallest absolute Gasteiger partial charge is 0.329 e. The van der Waals surface area contributed by atoms with Gasteiger partial charge >= 0.3 is 5.97 Å². The van der Waals surface area contributed by atoms with Gasteiger partial charge in [-0.15, -0.1) is 0 Å². The van der Waals surface area contributed by atoms with Gasteiger partial charge in [-0.05, 0) is 31.4 Å². The number of para-hydroxylation sites is 1. The molecule has 1 aromatic rings. The number of carboxylic acids is 1. The van der Waals surface area contributed by atoms with Gasteiger partial charge in [0.15, 0.2) is 6.29 Å². The van der Waals surface area contributed by atoms with Crippen LogP contribution >= 0.6 is 0 Å². The van der Waals surface area contributed by atoms with Crippen molar-refractivity contribution >= 4 is 5.97 Å². The summed E-state index contributed by atoms with van der Waals surface area (Å²) in [6.45, 7) is 3.57. The van der Waals surface area contributed by atoms with E-state index in [0.29, 0.717) is 0 Å². The highest BCUT2D eigenvalue weighted by Gasteiger charge is 2.09. The maximum absolute atomic E-state index is 10.5. The van der Waals surface area contributed by atoms with Crippen molar-refractivity contribution in [1.82, 2.24) is 0 Å². The zero-order chi connectivity index (χ0) is 15.5.